The van der Waals surface area contributed by atoms with Crippen LogP contribution in [-0.2, 0) is 13.0 Å². The van der Waals surface area contributed by atoms with Gasteiger partial charge in [-0.2, -0.15) is 0 Å². The number of benzene rings is 3. The van der Waals surface area contributed by atoms with E-state index in [1.807, 2.05) is 36.4 Å². The molecule has 0 bridgehead atoms. The van der Waals surface area contributed by atoms with Crippen LogP contribution in [0.1, 0.15) is 23.0 Å². The van der Waals surface area contributed by atoms with Gasteiger partial charge in [0.2, 0.25) is 0 Å². The maximum Gasteiger partial charge on any atom is 0.258 e. The molecule has 0 fully saturated rings. The van der Waals surface area contributed by atoms with Gasteiger partial charge >= 0.3 is 0 Å². The Labute approximate surface area is 191 Å². The molecule has 0 aliphatic carbocycles. The molecule has 4 aromatic rings. The SMILES string of the molecule is COc1ccc(C[C@@H](NCc2nc3ccc(Cl)cc3c(=O)[nH]2)c2ccc(OC)cc2)cc1. The molecule has 0 aliphatic rings. The summed E-state index contributed by atoms with van der Waals surface area (Å²) in [6.07, 6.45) is 0.754. The van der Waals surface area contributed by atoms with E-state index in [9.17, 15) is 4.79 Å². The molecule has 6 nitrogen and oxygen atoms in total. The number of methoxy groups -OCH3 is 2. The molecule has 0 spiro atoms. The van der Waals surface area contributed by atoms with Crippen molar-refractivity contribution in [3.8, 4) is 11.5 Å². The number of fused-ring (bicyclic) bond motifs is 1. The lowest BCUT2D eigenvalue weighted by Crippen LogP contribution is -2.25. The van der Waals surface area contributed by atoms with E-state index < -0.39 is 0 Å². The van der Waals surface area contributed by atoms with Gasteiger partial charge in [0.25, 0.3) is 5.56 Å². The van der Waals surface area contributed by atoms with Gasteiger partial charge in [-0.3, -0.25) is 4.79 Å². The average molecular weight is 450 g/mol. The largest absolute Gasteiger partial charge is 0.497 e. The van der Waals surface area contributed by atoms with Crippen molar-refractivity contribution < 1.29 is 9.47 Å². The number of rotatable bonds is 8. The Balaban J connectivity index is 1.58. The van der Waals surface area contributed by atoms with Crippen LogP contribution in [-0.4, -0.2) is 24.2 Å². The van der Waals surface area contributed by atoms with E-state index in [1.54, 1.807) is 32.4 Å². The summed E-state index contributed by atoms with van der Waals surface area (Å²) in [6.45, 7) is 0.403. The van der Waals surface area contributed by atoms with Crippen molar-refractivity contribution in [2.24, 2.45) is 0 Å². The van der Waals surface area contributed by atoms with Gasteiger partial charge < -0.3 is 19.8 Å². The summed E-state index contributed by atoms with van der Waals surface area (Å²) < 4.78 is 10.6. The molecule has 3 aromatic carbocycles. The first-order valence-corrected chi connectivity index (χ1v) is 10.6. The highest BCUT2D eigenvalue weighted by atomic mass is 35.5. The second-order valence-electron chi connectivity index (χ2n) is 7.43. The van der Waals surface area contributed by atoms with E-state index in [2.05, 4.69) is 27.4 Å². The molecule has 0 saturated heterocycles. The molecule has 1 heterocycles. The van der Waals surface area contributed by atoms with Gasteiger partial charge in [0.1, 0.15) is 17.3 Å². The minimum absolute atomic E-state index is 0.000479. The van der Waals surface area contributed by atoms with Gasteiger partial charge in [-0.1, -0.05) is 35.9 Å². The maximum absolute atomic E-state index is 12.5. The molecular formula is C25H24ClN3O3. The van der Waals surface area contributed by atoms with E-state index >= 15 is 0 Å². The number of H-pyrrole nitrogens is 1. The van der Waals surface area contributed by atoms with Crippen molar-refractivity contribution in [2.45, 2.75) is 19.0 Å². The van der Waals surface area contributed by atoms with E-state index in [4.69, 9.17) is 21.1 Å². The molecule has 32 heavy (non-hydrogen) atoms. The fraction of sp³-hybridized carbons (Fsp3) is 0.200. The predicted molar refractivity (Wildman–Crippen MR) is 127 cm³/mol. The predicted octanol–water partition coefficient (Wildman–Crippen LogP) is 4.67. The highest BCUT2D eigenvalue weighted by molar-refractivity contribution is 6.31. The monoisotopic (exact) mass is 449 g/mol. The van der Waals surface area contributed by atoms with Crippen LogP contribution in [0.4, 0.5) is 0 Å². The number of hydrogen-bond donors (Lipinski definition) is 2. The molecule has 0 saturated carbocycles. The second-order valence-corrected chi connectivity index (χ2v) is 7.87. The zero-order valence-electron chi connectivity index (χ0n) is 17.9. The summed E-state index contributed by atoms with van der Waals surface area (Å²) >= 11 is 6.01. The minimum Gasteiger partial charge on any atom is -0.497 e. The van der Waals surface area contributed by atoms with Crippen LogP contribution in [0.2, 0.25) is 5.02 Å². The van der Waals surface area contributed by atoms with Gasteiger partial charge in [0.05, 0.1) is 31.7 Å². The summed E-state index contributed by atoms with van der Waals surface area (Å²) in [4.78, 5) is 19.9. The third kappa shape index (κ3) is 5.10. The van der Waals surface area contributed by atoms with Crippen molar-refractivity contribution in [1.82, 2.24) is 15.3 Å². The first kappa shape index (κ1) is 21.9. The van der Waals surface area contributed by atoms with Crippen LogP contribution < -0.4 is 20.3 Å². The Morgan fingerprint density at radius 1 is 0.969 bits per heavy atom. The third-order valence-corrected chi connectivity index (χ3v) is 5.58. The topological polar surface area (TPSA) is 76.2 Å². The fourth-order valence-corrected chi connectivity index (χ4v) is 3.78. The molecule has 0 radical (unpaired) electrons. The van der Waals surface area contributed by atoms with E-state index in [1.165, 1.54) is 0 Å². The van der Waals surface area contributed by atoms with Crippen LogP contribution in [0.5, 0.6) is 11.5 Å². The minimum atomic E-state index is -0.203. The summed E-state index contributed by atoms with van der Waals surface area (Å²) in [5.74, 6) is 2.19. The highest BCUT2D eigenvalue weighted by Gasteiger charge is 2.14. The van der Waals surface area contributed by atoms with E-state index in [-0.39, 0.29) is 11.6 Å². The normalized spacial score (nSPS) is 12.0. The van der Waals surface area contributed by atoms with Crippen LogP contribution in [0, 0.1) is 0 Å². The number of aromatic amines is 1. The summed E-state index contributed by atoms with van der Waals surface area (Å²) in [5, 5.41) is 4.53. The lowest BCUT2D eigenvalue weighted by molar-refractivity contribution is 0.413. The van der Waals surface area contributed by atoms with Gasteiger partial charge in [0.15, 0.2) is 0 Å². The first-order chi connectivity index (χ1) is 15.6. The van der Waals surface area contributed by atoms with Crippen LogP contribution >= 0.6 is 11.6 Å². The molecular weight excluding hydrogens is 426 g/mol. The second kappa shape index (κ2) is 9.85. The first-order valence-electron chi connectivity index (χ1n) is 10.2. The molecule has 0 aliphatic heterocycles. The Bertz CT molecular complexity index is 1250. The number of aromatic nitrogens is 2. The molecule has 164 valence electrons. The Hall–Kier alpha value is -3.35. The molecule has 0 unspecified atom stereocenters. The van der Waals surface area contributed by atoms with E-state index in [0.29, 0.717) is 28.3 Å². The Morgan fingerprint density at radius 2 is 1.62 bits per heavy atom. The molecule has 1 atom stereocenters. The van der Waals surface area contributed by atoms with E-state index in [0.717, 1.165) is 29.0 Å². The average Bonchev–Trinajstić information content (AvgIpc) is 2.82. The number of nitrogens with one attached hydrogen (secondary N) is 2. The van der Waals surface area contributed by atoms with Gasteiger partial charge in [-0.05, 0) is 60.0 Å². The maximum atomic E-state index is 12.5. The van der Waals surface area contributed by atoms with Gasteiger partial charge in [0, 0.05) is 11.1 Å². The molecule has 4 rings (SSSR count). The van der Waals surface area contributed by atoms with Crippen molar-refractivity contribution in [3.63, 3.8) is 0 Å². The van der Waals surface area contributed by atoms with Crippen molar-refractivity contribution in [3.05, 3.63) is 99.1 Å². The number of halogens is 1. The van der Waals surface area contributed by atoms with Crippen molar-refractivity contribution in [1.29, 1.82) is 0 Å². The molecule has 2 N–H and O–H groups in total. The third-order valence-electron chi connectivity index (χ3n) is 5.35. The smallest absolute Gasteiger partial charge is 0.258 e. The highest BCUT2D eigenvalue weighted by Crippen LogP contribution is 2.23. The Kier molecular flexibility index (Phi) is 6.73. The lowest BCUT2D eigenvalue weighted by Gasteiger charge is -2.20. The zero-order valence-corrected chi connectivity index (χ0v) is 18.6. The van der Waals surface area contributed by atoms with Crippen molar-refractivity contribution in [2.75, 3.05) is 14.2 Å². The molecule has 0 amide bonds. The summed E-state index contributed by atoms with van der Waals surface area (Å²) in [5.41, 5.74) is 2.68. The standard InChI is InChI=1S/C25H24ClN3O3/c1-31-19-8-3-16(4-9-19)13-23(17-5-10-20(32-2)11-6-17)27-15-24-28-22-12-7-18(26)14-21(22)25(30)29-24/h3-12,14,23,27H,13,15H2,1-2H3,(H,28,29,30)/t23-/m1/s1. The van der Waals surface area contributed by atoms with Crippen LogP contribution in [0.25, 0.3) is 10.9 Å². The summed E-state index contributed by atoms with van der Waals surface area (Å²) in [6, 6.07) is 21.1. The van der Waals surface area contributed by atoms with Crippen LogP contribution in [0.3, 0.4) is 0 Å². The fourth-order valence-electron chi connectivity index (χ4n) is 3.60. The quantitative estimate of drug-likeness (QED) is 0.409. The number of hydrogen-bond acceptors (Lipinski definition) is 5. The number of ether oxygens (including phenoxy) is 2. The number of nitrogens with zero attached hydrogens (tertiary/aromatic N) is 1. The zero-order chi connectivity index (χ0) is 22.5. The Morgan fingerprint density at radius 3 is 2.28 bits per heavy atom. The van der Waals surface area contributed by atoms with Crippen LogP contribution in [0.15, 0.2) is 71.5 Å². The van der Waals surface area contributed by atoms with Crippen molar-refractivity contribution >= 4 is 22.5 Å². The van der Waals surface area contributed by atoms with Gasteiger partial charge in [-0.25, -0.2) is 4.98 Å². The molecule has 1 aromatic heterocycles. The lowest BCUT2D eigenvalue weighted by atomic mass is 9.98. The summed E-state index contributed by atoms with van der Waals surface area (Å²) in [7, 11) is 3.30. The van der Waals surface area contributed by atoms with Gasteiger partial charge in [-0.15, -0.1) is 0 Å². The molecule has 7 heteroatoms.